The molecule has 1 unspecified atom stereocenters. The van der Waals surface area contributed by atoms with Crippen LogP contribution in [0.5, 0.6) is 0 Å². The van der Waals surface area contributed by atoms with Gasteiger partial charge in [0.05, 0.1) is 12.1 Å². The number of hydrogen-bond acceptors (Lipinski definition) is 3. The number of benzene rings is 1. The molecule has 1 saturated heterocycles. The minimum Gasteiger partial charge on any atom is -0.327 e. The van der Waals surface area contributed by atoms with E-state index in [1.807, 2.05) is 12.1 Å². The zero-order chi connectivity index (χ0) is 18.5. The molecule has 1 aliphatic heterocycles. The van der Waals surface area contributed by atoms with Gasteiger partial charge in [-0.25, -0.2) is 4.79 Å². The maximum atomic E-state index is 12.8. The summed E-state index contributed by atoms with van der Waals surface area (Å²) in [6.45, 7) is 5.37. The van der Waals surface area contributed by atoms with Crippen LogP contribution in [0, 0.1) is 31.1 Å². The number of carbonyl (C=O) groups is 1. The molecule has 2 amide bonds. The van der Waals surface area contributed by atoms with Gasteiger partial charge >= 0.3 is 6.03 Å². The lowest BCUT2D eigenvalue weighted by molar-refractivity contribution is 0.177. The van der Waals surface area contributed by atoms with Crippen LogP contribution in [0.2, 0.25) is 0 Å². The van der Waals surface area contributed by atoms with Gasteiger partial charge in [-0.3, -0.25) is 4.98 Å². The zero-order valence-electron chi connectivity index (χ0n) is 15.3. The predicted molar refractivity (Wildman–Crippen MR) is 100 cm³/mol. The van der Waals surface area contributed by atoms with E-state index in [4.69, 9.17) is 5.26 Å². The lowest BCUT2D eigenvalue weighted by atomic mass is 9.94. The molecule has 1 aromatic carbocycles. The molecule has 0 aliphatic carbocycles. The Labute approximate surface area is 154 Å². The molecule has 1 aliphatic rings. The molecule has 3 rings (SSSR count). The normalized spacial score (nSPS) is 16.0. The van der Waals surface area contributed by atoms with Crippen molar-refractivity contribution in [3.8, 4) is 6.07 Å². The second-order valence-corrected chi connectivity index (χ2v) is 6.92. The smallest absolute Gasteiger partial charge is 0.318 e. The third kappa shape index (κ3) is 4.02. The third-order valence-electron chi connectivity index (χ3n) is 4.99. The predicted octanol–water partition coefficient (Wildman–Crippen LogP) is 3.73. The van der Waals surface area contributed by atoms with Crippen LogP contribution in [0.3, 0.4) is 0 Å². The molecule has 1 N–H and O–H groups in total. The fraction of sp³-hybridized carbons (Fsp3) is 0.381. The summed E-state index contributed by atoms with van der Waals surface area (Å²) in [5.74, 6) is 0.0625. The number of likely N-dealkylation sites (tertiary alicyclic amines) is 1. The van der Waals surface area contributed by atoms with Gasteiger partial charge in [0, 0.05) is 31.4 Å². The Morgan fingerprint density at radius 1 is 1.31 bits per heavy atom. The van der Waals surface area contributed by atoms with Crippen molar-refractivity contribution in [1.29, 1.82) is 5.26 Å². The molecule has 2 heterocycles. The number of nitriles is 1. The van der Waals surface area contributed by atoms with Gasteiger partial charge in [0.15, 0.2) is 0 Å². The highest BCUT2D eigenvalue weighted by Gasteiger charge is 2.26. The van der Waals surface area contributed by atoms with Gasteiger partial charge in [-0.2, -0.15) is 5.26 Å². The number of carbonyl (C=O) groups excluding carboxylic acids is 1. The van der Waals surface area contributed by atoms with Crippen molar-refractivity contribution in [3.05, 3.63) is 65.0 Å². The molecule has 134 valence electrons. The number of amides is 2. The van der Waals surface area contributed by atoms with Crippen molar-refractivity contribution in [3.63, 3.8) is 0 Å². The van der Waals surface area contributed by atoms with Crippen LogP contribution in [-0.2, 0) is 0 Å². The van der Waals surface area contributed by atoms with Crippen LogP contribution >= 0.6 is 0 Å². The van der Waals surface area contributed by atoms with Crippen LogP contribution in [-0.4, -0.2) is 29.0 Å². The Balaban J connectivity index is 1.83. The first-order chi connectivity index (χ1) is 12.6. The van der Waals surface area contributed by atoms with E-state index < -0.39 is 0 Å². The number of aryl methyl sites for hydroxylation is 2. The molecule has 1 aromatic heterocycles. The van der Waals surface area contributed by atoms with Crippen molar-refractivity contribution in [2.75, 3.05) is 13.1 Å². The molecule has 0 radical (unpaired) electrons. The van der Waals surface area contributed by atoms with Crippen LogP contribution in [0.4, 0.5) is 4.79 Å². The van der Waals surface area contributed by atoms with Gasteiger partial charge in [-0.15, -0.1) is 0 Å². The second kappa shape index (κ2) is 8.01. The van der Waals surface area contributed by atoms with Crippen molar-refractivity contribution in [2.24, 2.45) is 5.92 Å². The number of nitrogens with zero attached hydrogens (tertiary/aromatic N) is 3. The van der Waals surface area contributed by atoms with E-state index >= 15 is 0 Å². The Morgan fingerprint density at radius 2 is 2.08 bits per heavy atom. The molecular formula is C21H24N4O. The first-order valence-electron chi connectivity index (χ1n) is 9.00. The SMILES string of the molecule is Cc1ccc(C(NC(=O)N2CCC(C#N)CC2)c2cccnc2)c(C)c1. The number of pyridine rings is 1. The lowest BCUT2D eigenvalue weighted by Crippen LogP contribution is -2.45. The van der Waals surface area contributed by atoms with E-state index in [0.29, 0.717) is 13.1 Å². The zero-order valence-corrected chi connectivity index (χ0v) is 15.3. The summed E-state index contributed by atoms with van der Waals surface area (Å²) in [6, 6.07) is 12.1. The highest BCUT2D eigenvalue weighted by Crippen LogP contribution is 2.26. The minimum absolute atomic E-state index is 0.0625. The fourth-order valence-electron chi connectivity index (χ4n) is 3.46. The molecule has 0 saturated carbocycles. The maximum Gasteiger partial charge on any atom is 0.318 e. The Morgan fingerprint density at radius 3 is 2.69 bits per heavy atom. The topological polar surface area (TPSA) is 69.0 Å². The lowest BCUT2D eigenvalue weighted by Gasteiger charge is -2.31. The van der Waals surface area contributed by atoms with E-state index in [1.54, 1.807) is 17.3 Å². The molecule has 0 spiro atoms. The van der Waals surface area contributed by atoms with Gasteiger partial charge in [-0.1, -0.05) is 29.8 Å². The summed E-state index contributed by atoms with van der Waals surface area (Å²) in [5.41, 5.74) is 4.37. The van der Waals surface area contributed by atoms with Gasteiger partial charge < -0.3 is 10.2 Å². The van der Waals surface area contributed by atoms with Crippen LogP contribution in [0.25, 0.3) is 0 Å². The second-order valence-electron chi connectivity index (χ2n) is 6.92. The van der Waals surface area contributed by atoms with E-state index in [9.17, 15) is 4.79 Å². The average molecular weight is 348 g/mol. The first-order valence-corrected chi connectivity index (χ1v) is 9.00. The van der Waals surface area contributed by atoms with E-state index in [0.717, 1.165) is 29.5 Å². The standard InChI is InChI=1S/C21H24N4O/c1-15-5-6-19(16(2)12-15)20(18-4-3-9-23-14-18)24-21(26)25-10-7-17(13-22)8-11-25/h3-6,9,12,14,17,20H,7-8,10-11H2,1-2H3,(H,24,26). The molecule has 0 bridgehead atoms. The monoisotopic (exact) mass is 348 g/mol. The number of hydrogen-bond donors (Lipinski definition) is 1. The number of piperidine rings is 1. The van der Waals surface area contributed by atoms with Crippen molar-refractivity contribution < 1.29 is 4.79 Å². The van der Waals surface area contributed by atoms with Crippen molar-refractivity contribution in [1.82, 2.24) is 15.2 Å². The quantitative estimate of drug-likeness (QED) is 0.919. The van der Waals surface area contributed by atoms with Crippen LogP contribution in [0.1, 0.15) is 41.1 Å². The van der Waals surface area contributed by atoms with Gasteiger partial charge in [0.1, 0.15) is 0 Å². The Kier molecular flexibility index (Phi) is 5.52. The molecule has 1 atom stereocenters. The van der Waals surface area contributed by atoms with Gasteiger partial charge in [-0.05, 0) is 49.4 Å². The average Bonchev–Trinajstić information content (AvgIpc) is 2.67. The third-order valence-corrected chi connectivity index (χ3v) is 4.99. The first kappa shape index (κ1) is 17.9. The molecular weight excluding hydrogens is 324 g/mol. The summed E-state index contributed by atoms with van der Waals surface area (Å²) >= 11 is 0. The van der Waals surface area contributed by atoms with E-state index in [-0.39, 0.29) is 18.0 Å². The highest BCUT2D eigenvalue weighted by atomic mass is 16.2. The van der Waals surface area contributed by atoms with Crippen molar-refractivity contribution >= 4 is 6.03 Å². The fourth-order valence-corrected chi connectivity index (χ4v) is 3.46. The number of urea groups is 1. The number of nitrogens with one attached hydrogen (secondary N) is 1. The number of aromatic nitrogens is 1. The highest BCUT2D eigenvalue weighted by molar-refractivity contribution is 5.75. The molecule has 26 heavy (non-hydrogen) atoms. The molecule has 5 nitrogen and oxygen atoms in total. The maximum absolute atomic E-state index is 12.8. The van der Waals surface area contributed by atoms with Crippen molar-refractivity contribution in [2.45, 2.75) is 32.7 Å². The molecule has 2 aromatic rings. The van der Waals surface area contributed by atoms with E-state index in [1.165, 1.54) is 5.56 Å². The minimum atomic E-state index is -0.245. The molecule has 1 fully saturated rings. The largest absolute Gasteiger partial charge is 0.327 e. The number of rotatable bonds is 3. The summed E-state index contributed by atoms with van der Waals surface area (Å²) in [4.78, 5) is 18.9. The van der Waals surface area contributed by atoms with E-state index in [2.05, 4.69) is 48.4 Å². The van der Waals surface area contributed by atoms with Crippen LogP contribution in [0.15, 0.2) is 42.7 Å². The summed E-state index contributed by atoms with van der Waals surface area (Å²) in [7, 11) is 0. The summed E-state index contributed by atoms with van der Waals surface area (Å²) in [6.07, 6.45) is 5.01. The Hall–Kier alpha value is -2.87. The van der Waals surface area contributed by atoms with Crippen LogP contribution < -0.4 is 5.32 Å². The molecule has 5 heteroatoms. The van der Waals surface area contributed by atoms with Gasteiger partial charge in [0.2, 0.25) is 0 Å². The summed E-state index contributed by atoms with van der Waals surface area (Å²) in [5, 5.41) is 12.2. The summed E-state index contributed by atoms with van der Waals surface area (Å²) < 4.78 is 0. The Bertz CT molecular complexity index is 805. The van der Waals surface area contributed by atoms with Gasteiger partial charge in [0.25, 0.3) is 0 Å².